The van der Waals surface area contributed by atoms with Crippen LogP contribution in [0.3, 0.4) is 0 Å². The van der Waals surface area contributed by atoms with Crippen molar-refractivity contribution in [3.63, 3.8) is 0 Å². The third kappa shape index (κ3) is 6.30. The van der Waals surface area contributed by atoms with Gasteiger partial charge in [-0.05, 0) is 61.1 Å². The Hall–Kier alpha value is -1.96. The highest BCUT2D eigenvalue weighted by atomic mass is 79.9. The third-order valence-corrected chi connectivity index (χ3v) is 6.58. The average Bonchev–Trinajstić information content (AvgIpc) is 2.99. The van der Waals surface area contributed by atoms with Crippen molar-refractivity contribution in [1.29, 1.82) is 0 Å². The molecule has 0 aliphatic carbocycles. The van der Waals surface area contributed by atoms with E-state index in [-0.39, 0.29) is 18.2 Å². The standard InChI is InChI=1S/C24H27BrClN3O2S/c1-2-3-4-5-6-14-28-21(16-22(30)27-19-12-10-17(25)11-13-19)23(31)29(24(28)32)20-9-7-8-18(26)15-20/h7-13,15,21H,2-6,14,16H2,1H3,(H,27,30). The number of rotatable bonds is 10. The van der Waals surface area contributed by atoms with E-state index in [2.05, 4.69) is 28.2 Å². The molecule has 0 radical (unpaired) electrons. The summed E-state index contributed by atoms with van der Waals surface area (Å²) in [7, 11) is 0. The average molecular weight is 537 g/mol. The first-order valence-corrected chi connectivity index (χ1v) is 12.4. The summed E-state index contributed by atoms with van der Waals surface area (Å²) in [6, 6.07) is 13.8. The van der Waals surface area contributed by atoms with Crippen LogP contribution in [-0.2, 0) is 9.59 Å². The highest BCUT2D eigenvalue weighted by Gasteiger charge is 2.43. The first kappa shape index (κ1) is 24.7. The lowest BCUT2D eigenvalue weighted by atomic mass is 10.1. The van der Waals surface area contributed by atoms with Crippen LogP contribution >= 0.6 is 39.7 Å². The molecule has 0 saturated carbocycles. The summed E-state index contributed by atoms with van der Waals surface area (Å²) in [6.07, 6.45) is 5.52. The molecule has 1 fully saturated rings. The zero-order valence-electron chi connectivity index (χ0n) is 18.0. The van der Waals surface area contributed by atoms with E-state index in [1.165, 1.54) is 17.7 Å². The smallest absolute Gasteiger partial charge is 0.256 e. The Morgan fingerprint density at radius 1 is 1.12 bits per heavy atom. The van der Waals surface area contributed by atoms with Crippen molar-refractivity contribution in [3.05, 3.63) is 58.0 Å². The molecule has 2 amide bonds. The van der Waals surface area contributed by atoms with Crippen molar-refractivity contribution in [2.75, 3.05) is 16.8 Å². The molecule has 1 heterocycles. The summed E-state index contributed by atoms with van der Waals surface area (Å²) in [5, 5.41) is 3.83. The van der Waals surface area contributed by atoms with E-state index in [0.717, 1.165) is 23.7 Å². The van der Waals surface area contributed by atoms with Gasteiger partial charge in [0, 0.05) is 21.7 Å². The topological polar surface area (TPSA) is 52.7 Å². The minimum atomic E-state index is -0.636. The number of thiocarbonyl (C=S) groups is 1. The molecule has 32 heavy (non-hydrogen) atoms. The van der Waals surface area contributed by atoms with Crippen LogP contribution in [0.1, 0.15) is 45.4 Å². The van der Waals surface area contributed by atoms with Crippen molar-refractivity contribution in [1.82, 2.24) is 4.90 Å². The first-order valence-electron chi connectivity index (χ1n) is 10.9. The summed E-state index contributed by atoms with van der Waals surface area (Å²) in [5.74, 6) is -0.422. The number of nitrogens with zero attached hydrogens (tertiary/aromatic N) is 2. The number of carbonyl (C=O) groups is 2. The van der Waals surface area contributed by atoms with Gasteiger partial charge in [-0.2, -0.15) is 0 Å². The molecule has 1 unspecified atom stereocenters. The zero-order valence-corrected chi connectivity index (χ0v) is 21.2. The second kappa shape index (κ2) is 11.8. The molecule has 5 nitrogen and oxygen atoms in total. The lowest BCUT2D eigenvalue weighted by Crippen LogP contribution is -2.38. The molecule has 1 N–H and O–H groups in total. The van der Waals surface area contributed by atoms with Gasteiger partial charge < -0.3 is 10.2 Å². The molecule has 2 aromatic rings. The van der Waals surface area contributed by atoms with E-state index in [0.29, 0.717) is 28.1 Å². The number of benzene rings is 2. The number of hydrogen-bond acceptors (Lipinski definition) is 3. The number of carbonyl (C=O) groups excluding carboxylic acids is 2. The Morgan fingerprint density at radius 2 is 1.84 bits per heavy atom. The van der Waals surface area contributed by atoms with Gasteiger partial charge in [0.25, 0.3) is 5.91 Å². The summed E-state index contributed by atoms with van der Waals surface area (Å²) in [6.45, 7) is 2.82. The van der Waals surface area contributed by atoms with Gasteiger partial charge in [0.1, 0.15) is 6.04 Å². The Bertz CT molecular complexity index is 970. The summed E-state index contributed by atoms with van der Waals surface area (Å²) in [5.41, 5.74) is 1.31. The van der Waals surface area contributed by atoms with Gasteiger partial charge in [-0.25, -0.2) is 0 Å². The second-order valence-electron chi connectivity index (χ2n) is 7.82. The minimum absolute atomic E-state index is 0.0288. The van der Waals surface area contributed by atoms with Crippen molar-refractivity contribution >= 4 is 68.1 Å². The molecule has 170 valence electrons. The van der Waals surface area contributed by atoms with Crippen LogP contribution in [0.25, 0.3) is 0 Å². The molecule has 2 aromatic carbocycles. The first-order chi connectivity index (χ1) is 15.4. The Kier molecular flexibility index (Phi) is 9.08. The number of nitrogens with one attached hydrogen (secondary N) is 1. The lowest BCUT2D eigenvalue weighted by molar-refractivity contribution is -0.124. The van der Waals surface area contributed by atoms with Crippen LogP contribution in [-0.4, -0.2) is 34.4 Å². The second-order valence-corrected chi connectivity index (χ2v) is 9.54. The van der Waals surface area contributed by atoms with Crippen molar-refractivity contribution < 1.29 is 9.59 Å². The van der Waals surface area contributed by atoms with Crippen LogP contribution in [0.4, 0.5) is 11.4 Å². The number of halogens is 2. The van der Waals surface area contributed by atoms with Crippen LogP contribution in [0.5, 0.6) is 0 Å². The largest absolute Gasteiger partial charge is 0.336 e. The fraction of sp³-hybridized carbons (Fsp3) is 0.375. The van der Waals surface area contributed by atoms with Gasteiger partial charge in [-0.15, -0.1) is 0 Å². The van der Waals surface area contributed by atoms with E-state index in [1.807, 2.05) is 29.2 Å². The van der Waals surface area contributed by atoms with E-state index in [1.54, 1.807) is 24.3 Å². The Balaban J connectivity index is 1.75. The molecular weight excluding hydrogens is 510 g/mol. The van der Waals surface area contributed by atoms with Gasteiger partial charge >= 0.3 is 0 Å². The molecule has 0 aromatic heterocycles. The molecule has 8 heteroatoms. The molecule has 1 aliphatic rings. The highest BCUT2D eigenvalue weighted by Crippen LogP contribution is 2.29. The third-order valence-electron chi connectivity index (χ3n) is 5.39. The van der Waals surface area contributed by atoms with Crippen LogP contribution in [0.2, 0.25) is 5.02 Å². The molecule has 1 atom stereocenters. The molecule has 1 aliphatic heterocycles. The molecule has 0 spiro atoms. The lowest BCUT2D eigenvalue weighted by Gasteiger charge is -2.24. The number of amides is 2. The predicted octanol–water partition coefficient (Wildman–Crippen LogP) is 6.40. The van der Waals surface area contributed by atoms with Gasteiger partial charge in [-0.1, -0.05) is 66.2 Å². The molecule has 3 rings (SSSR count). The maximum absolute atomic E-state index is 13.4. The van der Waals surface area contributed by atoms with E-state index >= 15 is 0 Å². The van der Waals surface area contributed by atoms with Gasteiger partial charge in [0.2, 0.25) is 5.91 Å². The van der Waals surface area contributed by atoms with Crippen LogP contribution in [0.15, 0.2) is 53.0 Å². The van der Waals surface area contributed by atoms with Gasteiger partial charge in [0.05, 0.1) is 12.1 Å². The molecular formula is C24H27BrClN3O2S. The predicted molar refractivity (Wildman–Crippen MR) is 138 cm³/mol. The quantitative estimate of drug-likeness (QED) is 0.282. The minimum Gasteiger partial charge on any atom is -0.336 e. The van der Waals surface area contributed by atoms with E-state index in [4.69, 9.17) is 23.8 Å². The molecule has 0 bridgehead atoms. The maximum Gasteiger partial charge on any atom is 0.256 e. The zero-order chi connectivity index (χ0) is 23.1. The van der Waals surface area contributed by atoms with E-state index in [9.17, 15) is 9.59 Å². The van der Waals surface area contributed by atoms with Crippen molar-refractivity contribution in [2.24, 2.45) is 0 Å². The van der Waals surface area contributed by atoms with Gasteiger partial charge in [0.15, 0.2) is 5.11 Å². The Morgan fingerprint density at radius 3 is 2.53 bits per heavy atom. The monoisotopic (exact) mass is 535 g/mol. The molecule has 1 saturated heterocycles. The number of anilines is 2. The summed E-state index contributed by atoms with van der Waals surface area (Å²) >= 11 is 15.2. The van der Waals surface area contributed by atoms with Crippen molar-refractivity contribution in [2.45, 2.75) is 51.5 Å². The number of unbranched alkanes of at least 4 members (excludes halogenated alkanes) is 4. The highest BCUT2D eigenvalue weighted by molar-refractivity contribution is 9.10. The summed E-state index contributed by atoms with van der Waals surface area (Å²) < 4.78 is 0.929. The van der Waals surface area contributed by atoms with Crippen molar-refractivity contribution in [3.8, 4) is 0 Å². The summed E-state index contributed by atoms with van der Waals surface area (Å²) in [4.78, 5) is 29.6. The normalized spacial score (nSPS) is 16.0. The SMILES string of the molecule is CCCCCCCN1C(=S)N(c2cccc(Cl)c2)C(=O)C1CC(=O)Nc1ccc(Br)cc1. The fourth-order valence-corrected chi connectivity index (χ4v) is 4.61. The Labute approximate surface area is 208 Å². The van der Waals surface area contributed by atoms with Crippen LogP contribution < -0.4 is 10.2 Å². The maximum atomic E-state index is 13.4. The number of hydrogen-bond donors (Lipinski definition) is 1. The van der Waals surface area contributed by atoms with Crippen LogP contribution in [0, 0.1) is 0 Å². The van der Waals surface area contributed by atoms with E-state index < -0.39 is 6.04 Å². The fourth-order valence-electron chi connectivity index (χ4n) is 3.75. The van der Waals surface area contributed by atoms with Gasteiger partial charge in [-0.3, -0.25) is 14.5 Å².